The molecule has 0 spiro atoms. The number of nitrogens with zero attached hydrogens (tertiary/aromatic N) is 3. The first-order valence-corrected chi connectivity index (χ1v) is 6.44. The maximum atomic E-state index is 12.2. The maximum absolute atomic E-state index is 12.2. The predicted octanol–water partition coefficient (Wildman–Crippen LogP) is 1.57. The fraction of sp³-hybridized carbons (Fsp3) is 0.615. The average Bonchev–Trinajstić information content (AvgIpc) is 2.39. The molecule has 1 aliphatic heterocycles. The number of rotatable bonds is 2. The molecule has 0 radical (unpaired) electrons. The van der Waals surface area contributed by atoms with Gasteiger partial charge in [-0.1, -0.05) is 13.8 Å². The number of aromatic nitrogens is 2. The first-order chi connectivity index (χ1) is 8.58. The molecule has 1 saturated heterocycles. The minimum Gasteiger partial charge on any atom is -0.382 e. The second kappa shape index (κ2) is 5.33. The zero-order valence-electron chi connectivity index (χ0n) is 11.0. The Hall–Kier alpha value is -1.65. The summed E-state index contributed by atoms with van der Waals surface area (Å²) in [5, 5.41) is 0. The molecule has 0 unspecified atom stereocenters. The number of anilines is 1. The molecule has 98 valence electrons. The summed E-state index contributed by atoms with van der Waals surface area (Å²) in [6.45, 7) is 6.11. The van der Waals surface area contributed by atoms with Crippen molar-refractivity contribution in [3.05, 3.63) is 18.1 Å². The smallest absolute Gasteiger partial charge is 0.274 e. The quantitative estimate of drug-likeness (QED) is 0.862. The van der Waals surface area contributed by atoms with E-state index in [1.165, 1.54) is 12.4 Å². The minimum atomic E-state index is -0.0373. The lowest BCUT2D eigenvalue weighted by Crippen LogP contribution is -2.39. The molecule has 18 heavy (non-hydrogen) atoms. The number of amides is 1. The van der Waals surface area contributed by atoms with Gasteiger partial charge in [0.2, 0.25) is 0 Å². The number of hydrogen-bond donors (Lipinski definition) is 1. The Morgan fingerprint density at radius 1 is 1.33 bits per heavy atom. The van der Waals surface area contributed by atoms with Gasteiger partial charge in [-0.25, -0.2) is 9.97 Å². The molecular formula is C13H20N4O. The summed E-state index contributed by atoms with van der Waals surface area (Å²) in [6, 6.07) is 0. The van der Waals surface area contributed by atoms with Crippen LogP contribution >= 0.6 is 0 Å². The lowest BCUT2D eigenvalue weighted by Gasteiger charge is -2.33. The third-order valence-corrected chi connectivity index (χ3v) is 3.66. The third-order valence-electron chi connectivity index (χ3n) is 3.66. The summed E-state index contributed by atoms with van der Waals surface area (Å²) in [4.78, 5) is 22.0. The summed E-state index contributed by atoms with van der Waals surface area (Å²) >= 11 is 0. The van der Waals surface area contributed by atoms with Crippen LogP contribution in [0.1, 0.15) is 37.2 Å². The Balaban J connectivity index is 1.97. The molecule has 1 aromatic heterocycles. The maximum Gasteiger partial charge on any atom is 0.274 e. The van der Waals surface area contributed by atoms with Crippen molar-refractivity contribution in [2.45, 2.75) is 26.7 Å². The van der Waals surface area contributed by atoms with E-state index in [2.05, 4.69) is 23.8 Å². The fourth-order valence-electron chi connectivity index (χ4n) is 2.38. The van der Waals surface area contributed by atoms with Crippen molar-refractivity contribution < 1.29 is 4.79 Å². The standard InChI is InChI=1S/C13H20N4O/c1-9(2)10-3-5-17(6-4-10)13(18)11-7-16-12(14)8-15-11/h7-10H,3-6H2,1-2H3,(H2,14,16). The van der Waals surface area contributed by atoms with Crippen LogP contribution in [0.2, 0.25) is 0 Å². The van der Waals surface area contributed by atoms with Crippen LogP contribution in [-0.4, -0.2) is 33.9 Å². The fourth-order valence-corrected chi connectivity index (χ4v) is 2.38. The van der Waals surface area contributed by atoms with Crippen LogP contribution < -0.4 is 5.73 Å². The van der Waals surface area contributed by atoms with E-state index in [0.717, 1.165) is 31.8 Å². The van der Waals surface area contributed by atoms with E-state index in [1.54, 1.807) is 0 Å². The number of carbonyl (C=O) groups is 1. The van der Waals surface area contributed by atoms with Gasteiger partial charge in [-0.15, -0.1) is 0 Å². The molecule has 0 bridgehead atoms. The van der Waals surface area contributed by atoms with Gasteiger partial charge in [0, 0.05) is 13.1 Å². The van der Waals surface area contributed by atoms with Crippen molar-refractivity contribution in [3.63, 3.8) is 0 Å². The lowest BCUT2D eigenvalue weighted by atomic mass is 9.86. The molecule has 0 saturated carbocycles. The monoisotopic (exact) mass is 248 g/mol. The molecule has 0 atom stereocenters. The Kier molecular flexibility index (Phi) is 3.79. The summed E-state index contributed by atoms with van der Waals surface area (Å²) in [6.07, 6.45) is 5.03. The van der Waals surface area contributed by atoms with Crippen molar-refractivity contribution in [1.29, 1.82) is 0 Å². The molecular weight excluding hydrogens is 228 g/mol. The zero-order chi connectivity index (χ0) is 13.1. The largest absolute Gasteiger partial charge is 0.382 e. The van der Waals surface area contributed by atoms with Crippen LogP contribution in [0.25, 0.3) is 0 Å². The summed E-state index contributed by atoms with van der Waals surface area (Å²) in [5.74, 6) is 1.72. The summed E-state index contributed by atoms with van der Waals surface area (Å²) in [7, 11) is 0. The Labute approximate surface area is 107 Å². The van der Waals surface area contributed by atoms with E-state index in [1.807, 2.05) is 4.90 Å². The minimum absolute atomic E-state index is 0.0373. The van der Waals surface area contributed by atoms with Crippen LogP contribution in [0.4, 0.5) is 5.82 Å². The van der Waals surface area contributed by atoms with E-state index in [-0.39, 0.29) is 5.91 Å². The molecule has 1 aromatic rings. The van der Waals surface area contributed by atoms with Gasteiger partial charge in [-0.3, -0.25) is 4.79 Å². The topological polar surface area (TPSA) is 72.1 Å². The molecule has 2 heterocycles. The number of hydrogen-bond acceptors (Lipinski definition) is 4. The van der Waals surface area contributed by atoms with Crippen LogP contribution in [-0.2, 0) is 0 Å². The number of carbonyl (C=O) groups excluding carboxylic acids is 1. The van der Waals surface area contributed by atoms with E-state index in [4.69, 9.17) is 5.73 Å². The normalized spacial score (nSPS) is 17.2. The van der Waals surface area contributed by atoms with Crippen LogP contribution in [0, 0.1) is 11.8 Å². The van der Waals surface area contributed by atoms with Crippen molar-refractivity contribution in [2.75, 3.05) is 18.8 Å². The molecule has 5 nitrogen and oxygen atoms in total. The SMILES string of the molecule is CC(C)C1CCN(C(=O)c2cnc(N)cn2)CC1. The van der Waals surface area contributed by atoms with E-state index in [9.17, 15) is 4.79 Å². The van der Waals surface area contributed by atoms with Gasteiger partial charge in [0.1, 0.15) is 11.5 Å². The molecule has 5 heteroatoms. The molecule has 1 fully saturated rings. The van der Waals surface area contributed by atoms with Crippen molar-refractivity contribution in [3.8, 4) is 0 Å². The Bertz CT molecular complexity index is 408. The third kappa shape index (κ3) is 2.78. The number of likely N-dealkylation sites (tertiary alicyclic amines) is 1. The highest BCUT2D eigenvalue weighted by atomic mass is 16.2. The van der Waals surface area contributed by atoms with Crippen LogP contribution in [0.5, 0.6) is 0 Å². The molecule has 1 aliphatic rings. The molecule has 0 aromatic carbocycles. The molecule has 1 amide bonds. The number of piperidine rings is 1. The van der Waals surface area contributed by atoms with Gasteiger partial charge in [-0.2, -0.15) is 0 Å². The van der Waals surface area contributed by atoms with Gasteiger partial charge < -0.3 is 10.6 Å². The van der Waals surface area contributed by atoms with Gasteiger partial charge in [0.15, 0.2) is 0 Å². The van der Waals surface area contributed by atoms with Crippen molar-refractivity contribution in [2.24, 2.45) is 11.8 Å². The van der Waals surface area contributed by atoms with E-state index >= 15 is 0 Å². The lowest BCUT2D eigenvalue weighted by molar-refractivity contribution is 0.0661. The number of nitrogen functional groups attached to an aromatic ring is 1. The van der Waals surface area contributed by atoms with Gasteiger partial charge in [0.05, 0.1) is 12.4 Å². The van der Waals surface area contributed by atoms with E-state index in [0.29, 0.717) is 17.4 Å². The second-order valence-electron chi connectivity index (χ2n) is 5.20. The predicted molar refractivity (Wildman–Crippen MR) is 69.9 cm³/mol. The average molecular weight is 248 g/mol. The van der Waals surface area contributed by atoms with Crippen molar-refractivity contribution >= 4 is 11.7 Å². The first-order valence-electron chi connectivity index (χ1n) is 6.44. The molecule has 2 rings (SSSR count). The van der Waals surface area contributed by atoms with Crippen LogP contribution in [0.3, 0.4) is 0 Å². The Morgan fingerprint density at radius 3 is 2.50 bits per heavy atom. The highest BCUT2D eigenvalue weighted by Crippen LogP contribution is 2.24. The summed E-state index contributed by atoms with van der Waals surface area (Å²) < 4.78 is 0. The van der Waals surface area contributed by atoms with Gasteiger partial charge in [0.25, 0.3) is 5.91 Å². The van der Waals surface area contributed by atoms with Crippen molar-refractivity contribution in [1.82, 2.24) is 14.9 Å². The van der Waals surface area contributed by atoms with Crippen LogP contribution in [0.15, 0.2) is 12.4 Å². The molecule has 0 aliphatic carbocycles. The van der Waals surface area contributed by atoms with E-state index < -0.39 is 0 Å². The second-order valence-corrected chi connectivity index (χ2v) is 5.20. The number of nitrogens with two attached hydrogens (primary N) is 1. The highest BCUT2D eigenvalue weighted by Gasteiger charge is 2.25. The first kappa shape index (κ1) is 12.8. The summed E-state index contributed by atoms with van der Waals surface area (Å²) in [5.41, 5.74) is 5.84. The van der Waals surface area contributed by atoms with Gasteiger partial charge >= 0.3 is 0 Å². The zero-order valence-corrected chi connectivity index (χ0v) is 11.0. The van der Waals surface area contributed by atoms with Gasteiger partial charge in [-0.05, 0) is 24.7 Å². The molecule has 2 N–H and O–H groups in total. The highest BCUT2D eigenvalue weighted by molar-refractivity contribution is 5.92. The Morgan fingerprint density at radius 2 is 2.00 bits per heavy atom.